The van der Waals surface area contributed by atoms with E-state index in [0.717, 1.165) is 38.2 Å². The van der Waals surface area contributed by atoms with Crippen molar-refractivity contribution in [2.75, 3.05) is 13.7 Å². The van der Waals surface area contributed by atoms with E-state index >= 15 is 0 Å². The van der Waals surface area contributed by atoms with E-state index in [4.69, 9.17) is 4.74 Å². The number of aromatic nitrogens is 4. The molecule has 0 saturated heterocycles. The minimum Gasteiger partial charge on any atom is -0.381 e. The van der Waals surface area contributed by atoms with E-state index in [-0.39, 0.29) is 0 Å². The molecule has 2 atom stereocenters. The van der Waals surface area contributed by atoms with Crippen molar-refractivity contribution in [1.82, 2.24) is 25.5 Å². The van der Waals surface area contributed by atoms with E-state index in [1.54, 1.807) is 7.11 Å². The molecule has 18 heavy (non-hydrogen) atoms. The summed E-state index contributed by atoms with van der Waals surface area (Å²) in [6.45, 7) is 6.10. The Morgan fingerprint density at radius 3 is 2.94 bits per heavy atom. The van der Waals surface area contributed by atoms with Crippen LogP contribution in [0.2, 0.25) is 0 Å². The minimum atomic E-state index is 0.357. The Balaban J connectivity index is 1.91. The molecule has 1 saturated carbocycles. The van der Waals surface area contributed by atoms with Crippen LogP contribution in [0.4, 0.5) is 0 Å². The molecule has 2 rings (SSSR count). The molecule has 1 aliphatic carbocycles. The van der Waals surface area contributed by atoms with Crippen LogP contribution in [0.1, 0.15) is 45.0 Å². The summed E-state index contributed by atoms with van der Waals surface area (Å²) in [5, 5.41) is 15.4. The van der Waals surface area contributed by atoms with Gasteiger partial charge >= 0.3 is 0 Å². The second kappa shape index (κ2) is 6.24. The molecule has 102 valence electrons. The second-order valence-electron chi connectivity index (χ2n) is 5.39. The first-order valence-electron chi connectivity index (χ1n) is 6.71. The Hall–Kier alpha value is -1.01. The van der Waals surface area contributed by atoms with Crippen LogP contribution in [0.15, 0.2) is 0 Å². The average Bonchev–Trinajstić information content (AvgIpc) is 2.95. The molecule has 0 radical (unpaired) electrons. The summed E-state index contributed by atoms with van der Waals surface area (Å²) in [6.07, 6.45) is 3.56. The zero-order valence-corrected chi connectivity index (χ0v) is 11.5. The standard InChI is InChI=1S/C12H23N5O/c1-9(2)7-13-8-12-14-15-16-17(12)10-4-5-11(6-10)18-3/h9-11,13H,4-8H2,1-3H3. The Bertz CT molecular complexity index is 365. The van der Waals surface area contributed by atoms with Gasteiger partial charge in [0, 0.05) is 7.11 Å². The highest BCUT2D eigenvalue weighted by atomic mass is 16.5. The molecule has 1 aromatic heterocycles. The molecule has 1 heterocycles. The summed E-state index contributed by atoms with van der Waals surface area (Å²) in [6, 6.07) is 0.390. The van der Waals surface area contributed by atoms with Crippen LogP contribution in [-0.2, 0) is 11.3 Å². The molecule has 0 amide bonds. The number of nitrogens with one attached hydrogen (secondary N) is 1. The number of rotatable bonds is 6. The zero-order valence-electron chi connectivity index (χ0n) is 11.5. The van der Waals surface area contributed by atoms with Gasteiger partial charge in [0.05, 0.1) is 18.7 Å². The van der Waals surface area contributed by atoms with E-state index in [1.807, 2.05) is 4.68 Å². The van der Waals surface area contributed by atoms with E-state index in [2.05, 4.69) is 34.7 Å². The quantitative estimate of drug-likeness (QED) is 0.824. The lowest BCUT2D eigenvalue weighted by Gasteiger charge is -2.13. The molecule has 1 N–H and O–H groups in total. The molecule has 0 aromatic carbocycles. The SMILES string of the molecule is COC1CCC(n2nnnc2CNCC(C)C)C1. The zero-order chi connectivity index (χ0) is 13.0. The number of ether oxygens (including phenoxy) is 1. The summed E-state index contributed by atoms with van der Waals surface area (Å²) in [5.41, 5.74) is 0. The van der Waals surface area contributed by atoms with Gasteiger partial charge in [0.15, 0.2) is 5.82 Å². The lowest BCUT2D eigenvalue weighted by atomic mass is 10.2. The Labute approximate surface area is 108 Å². The van der Waals surface area contributed by atoms with Crippen LogP contribution in [0.3, 0.4) is 0 Å². The average molecular weight is 253 g/mol. The number of tetrazole rings is 1. The molecule has 2 unspecified atom stereocenters. The number of hydrogen-bond donors (Lipinski definition) is 1. The summed E-state index contributed by atoms with van der Waals surface area (Å²) in [4.78, 5) is 0. The van der Waals surface area contributed by atoms with Crippen molar-refractivity contribution < 1.29 is 4.74 Å². The van der Waals surface area contributed by atoms with E-state index in [9.17, 15) is 0 Å². The fraction of sp³-hybridized carbons (Fsp3) is 0.917. The van der Waals surface area contributed by atoms with Crippen LogP contribution in [0, 0.1) is 5.92 Å². The highest BCUT2D eigenvalue weighted by Gasteiger charge is 2.28. The normalized spacial score (nSPS) is 24.0. The number of nitrogens with zero attached hydrogens (tertiary/aromatic N) is 4. The molecule has 6 nitrogen and oxygen atoms in total. The van der Waals surface area contributed by atoms with Crippen LogP contribution in [0.5, 0.6) is 0 Å². The Morgan fingerprint density at radius 1 is 1.44 bits per heavy atom. The van der Waals surface area contributed by atoms with Crippen molar-refractivity contribution in [1.29, 1.82) is 0 Å². The van der Waals surface area contributed by atoms with Crippen LogP contribution in [0.25, 0.3) is 0 Å². The van der Waals surface area contributed by atoms with Gasteiger partial charge in [-0.15, -0.1) is 5.10 Å². The van der Waals surface area contributed by atoms with Crippen molar-refractivity contribution in [3.63, 3.8) is 0 Å². The second-order valence-corrected chi connectivity index (χ2v) is 5.39. The van der Waals surface area contributed by atoms with Gasteiger partial charge < -0.3 is 10.1 Å². The largest absolute Gasteiger partial charge is 0.381 e. The highest BCUT2D eigenvalue weighted by Crippen LogP contribution is 2.31. The molecular formula is C12H23N5O. The molecule has 6 heteroatoms. The summed E-state index contributed by atoms with van der Waals surface area (Å²) in [7, 11) is 1.78. The monoisotopic (exact) mass is 253 g/mol. The van der Waals surface area contributed by atoms with E-state index in [0.29, 0.717) is 18.1 Å². The highest BCUT2D eigenvalue weighted by molar-refractivity contribution is 4.88. The van der Waals surface area contributed by atoms with Crippen LogP contribution >= 0.6 is 0 Å². The van der Waals surface area contributed by atoms with Gasteiger partial charge in [0.1, 0.15) is 0 Å². The van der Waals surface area contributed by atoms with Crippen molar-refractivity contribution in [2.45, 2.75) is 51.8 Å². The summed E-state index contributed by atoms with van der Waals surface area (Å²) < 4.78 is 7.36. The third-order valence-electron chi connectivity index (χ3n) is 3.43. The summed E-state index contributed by atoms with van der Waals surface area (Å²) >= 11 is 0. The Morgan fingerprint density at radius 2 is 2.28 bits per heavy atom. The molecular weight excluding hydrogens is 230 g/mol. The first-order valence-corrected chi connectivity index (χ1v) is 6.71. The first kappa shape index (κ1) is 13.4. The van der Waals surface area contributed by atoms with Gasteiger partial charge in [-0.2, -0.15) is 0 Å². The molecule has 1 aromatic rings. The minimum absolute atomic E-state index is 0.357. The van der Waals surface area contributed by atoms with Crippen molar-refractivity contribution in [3.05, 3.63) is 5.82 Å². The third kappa shape index (κ3) is 3.26. The molecule has 1 fully saturated rings. The summed E-state index contributed by atoms with van der Waals surface area (Å²) in [5.74, 6) is 1.57. The van der Waals surface area contributed by atoms with E-state index < -0.39 is 0 Å². The molecule has 0 spiro atoms. The fourth-order valence-corrected chi connectivity index (χ4v) is 2.44. The van der Waals surface area contributed by atoms with Gasteiger partial charge in [0.25, 0.3) is 0 Å². The van der Waals surface area contributed by atoms with Gasteiger partial charge in [-0.05, 0) is 42.2 Å². The maximum absolute atomic E-state index is 5.39. The number of methoxy groups -OCH3 is 1. The predicted octanol–water partition coefficient (Wildman–Crippen LogP) is 1.16. The maximum Gasteiger partial charge on any atom is 0.165 e. The van der Waals surface area contributed by atoms with Crippen molar-refractivity contribution in [3.8, 4) is 0 Å². The maximum atomic E-state index is 5.39. The van der Waals surface area contributed by atoms with Crippen molar-refractivity contribution >= 4 is 0 Å². The molecule has 0 aliphatic heterocycles. The molecule has 0 bridgehead atoms. The molecule has 1 aliphatic rings. The topological polar surface area (TPSA) is 64.9 Å². The fourth-order valence-electron chi connectivity index (χ4n) is 2.44. The number of hydrogen-bond acceptors (Lipinski definition) is 5. The van der Waals surface area contributed by atoms with Gasteiger partial charge in [0.2, 0.25) is 0 Å². The van der Waals surface area contributed by atoms with E-state index in [1.165, 1.54) is 0 Å². The van der Waals surface area contributed by atoms with Crippen LogP contribution in [-0.4, -0.2) is 40.0 Å². The smallest absolute Gasteiger partial charge is 0.165 e. The van der Waals surface area contributed by atoms with Crippen LogP contribution < -0.4 is 5.32 Å². The third-order valence-corrected chi connectivity index (χ3v) is 3.43. The van der Waals surface area contributed by atoms with Gasteiger partial charge in [-0.1, -0.05) is 13.8 Å². The first-order chi connectivity index (χ1) is 8.70. The predicted molar refractivity (Wildman–Crippen MR) is 68.0 cm³/mol. The lowest BCUT2D eigenvalue weighted by molar-refractivity contribution is 0.105. The Kier molecular flexibility index (Phi) is 4.66. The van der Waals surface area contributed by atoms with Crippen molar-refractivity contribution in [2.24, 2.45) is 5.92 Å². The lowest BCUT2D eigenvalue weighted by Crippen LogP contribution is -2.23. The van der Waals surface area contributed by atoms with Gasteiger partial charge in [-0.3, -0.25) is 0 Å². The van der Waals surface area contributed by atoms with Gasteiger partial charge in [-0.25, -0.2) is 4.68 Å².